The number of sulfone groups is 1. The number of nitrogens with two attached hydrogens (primary N) is 1. The minimum absolute atomic E-state index is 0.0795. The van der Waals surface area contributed by atoms with Crippen LogP contribution < -0.4 is 15.2 Å². The van der Waals surface area contributed by atoms with Gasteiger partial charge in [0, 0.05) is 18.8 Å². The third-order valence-corrected chi connectivity index (χ3v) is 8.37. The fourth-order valence-corrected chi connectivity index (χ4v) is 5.98. The molecule has 1 unspecified atom stereocenters. The van der Waals surface area contributed by atoms with Crippen LogP contribution in [0, 0.1) is 5.92 Å². The molecule has 0 aromatic rings. The molecule has 26 heavy (non-hydrogen) atoms. The second-order valence-corrected chi connectivity index (χ2v) is 11.7. The van der Waals surface area contributed by atoms with Gasteiger partial charge in [0.1, 0.15) is 4.24 Å². The van der Waals surface area contributed by atoms with Crippen molar-refractivity contribution in [1.29, 1.82) is 0 Å². The Hall–Kier alpha value is -0.590. The van der Waals surface area contributed by atoms with E-state index >= 15 is 0 Å². The highest BCUT2D eigenvalue weighted by atomic mass is 32.3. The molecule has 0 spiro atoms. The molecule has 0 radical (unpaired) electrons. The van der Waals surface area contributed by atoms with Gasteiger partial charge in [-0.15, -0.1) is 0 Å². The van der Waals surface area contributed by atoms with Crippen LogP contribution in [0.4, 0.5) is 0 Å². The van der Waals surface area contributed by atoms with E-state index in [-0.39, 0.29) is 27.9 Å². The topological polar surface area (TPSA) is 139 Å². The first-order chi connectivity index (χ1) is 12.1. The van der Waals surface area contributed by atoms with Gasteiger partial charge in [-0.2, -0.15) is 0 Å². The van der Waals surface area contributed by atoms with Crippen molar-refractivity contribution in [1.82, 2.24) is 10.0 Å². The predicted molar refractivity (Wildman–Crippen MR) is 106 cm³/mol. The summed E-state index contributed by atoms with van der Waals surface area (Å²) in [6.45, 7) is 5.17. The van der Waals surface area contributed by atoms with E-state index in [1.807, 2.05) is 0 Å². The quantitative estimate of drug-likeness (QED) is 0.429. The van der Waals surface area contributed by atoms with Crippen LogP contribution in [0.3, 0.4) is 0 Å². The van der Waals surface area contributed by atoms with E-state index in [4.69, 9.17) is 10.2 Å². The first-order valence-corrected chi connectivity index (χ1v) is 12.5. The zero-order valence-electron chi connectivity index (χ0n) is 15.1. The lowest BCUT2D eigenvalue weighted by Gasteiger charge is -2.13. The summed E-state index contributed by atoms with van der Waals surface area (Å²) < 4.78 is 47.6. The van der Waals surface area contributed by atoms with E-state index < -0.39 is 19.9 Å². The Morgan fingerprint density at radius 1 is 1.46 bits per heavy atom. The fraction of sp³-hybridized carbons (Fsp3) is 0.733. The molecular formula is C15H29N3O5S3. The molecule has 0 saturated carbocycles. The minimum Gasteiger partial charge on any atom is -0.396 e. The molecule has 5 N–H and O–H groups in total. The molecule has 1 fully saturated rings. The van der Waals surface area contributed by atoms with Crippen molar-refractivity contribution < 1.29 is 21.9 Å². The summed E-state index contributed by atoms with van der Waals surface area (Å²) in [5.74, 6) is 0.801. The molecular weight excluding hydrogens is 398 g/mol. The van der Waals surface area contributed by atoms with Crippen LogP contribution in [0.5, 0.6) is 0 Å². The standard InChI is InChI=1S/C11H23NO3S.C4H6N2O2S2/c1-9(2)7-12-10-6-11(4-3-5-13)16(14,15)8-10;5-10(7,8)4-2-1-3-6-9-4/h9-13H,3-8H2,1-2H3;1-3,6H,(H2,5,7,8)/t10?,11-;/m1./s1. The second kappa shape index (κ2) is 10.7. The number of rotatable bonds is 7. The molecule has 2 rings (SSSR count). The molecule has 0 bridgehead atoms. The number of hydrogen-bond acceptors (Lipinski definition) is 8. The van der Waals surface area contributed by atoms with E-state index in [1.54, 1.807) is 12.3 Å². The van der Waals surface area contributed by atoms with Crippen molar-refractivity contribution in [3.8, 4) is 0 Å². The van der Waals surface area contributed by atoms with Crippen molar-refractivity contribution in [3.63, 3.8) is 0 Å². The summed E-state index contributed by atoms with van der Waals surface area (Å²) in [7, 11) is -6.45. The summed E-state index contributed by atoms with van der Waals surface area (Å²) in [5, 5.41) is 16.6. The van der Waals surface area contributed by atoms with Gasteiger partial charge in [-0.3, -0.25) is 0 Å². The molecule has 2 atom stereocenters. The predicted octanol–water partition coefficient (Wildman–Crippen LogP) is 0.442. The van der Waals surface area contributed by atoms with E-state index in [0.29, 0.717) is 25.2 Å². The number of primary sulfonamides is 1. The fourth-order valence-electron chi connectivity index (χ4n) is 2.55. The van der Waals surface area contributed by atoms with Gasteiger partial charge >= 0.3 is 0 Å². The van der Waals surface area contributed by atoms with Crippen molar-refractivity contribution in [3.05, 3.63) is 22.6 Å². The Morgan fingerprint density at radius 2 is 2.15 bits per heavy atom. The first kappa shape index (κ1) is 23.4. The van der Waals surface area contributed by atoms with Crippen LogP contribution in [0.25, 0.3) is 0 Å². The maximum atomic E-state index is 11.8. The molecule has 0 aromatic heterocycles. The SMILES string of the molecule is CC(C)CNC1C[C@@H](CCCO)S(=O)(=O)C1.NS(=O)(=O)C1=CC=CNS1. The largest absolute Gasteiger partial charge is 0.396 e. The first-order valence-electron chi connectivity index (χ1n) is 8.44. The molecule has 8 nitrogen and oxygen atoms in total. The van der Waals surface area contributed by atoms with E-state index in [9.17, 15) is 16.8 Å². The van der Waals surface area contributed by atoms with Crippen LogP contribution in [0.1, 0.15) is 33.1 Å². The molecule has 2 aliphatic heterocycles. The number of allylic oxidation sites excluding steroid dienone is 2. The molecule has 1 saturated heterocycles. The van der Waals surface area contributed by atoms with Gasteiger partial charge in [-0.1, -0.05) is 13.8 Å². The normalized spacial score (nSPS) is 24.6. The Bertz CT molecular complexity index is 702. The lowest BCUT2D eigenvalue weighted by molar-refractivity contribution is 0.282. The molecule has 11 heteroatoms. The number of nitrogens with one attached hydrogen (secondary N) is 2. The highest BCUT2D eigenvalue weighted by Gasteiger charge is 2.37. The van der Waals surface area contributed by atoms with E-state index in [2.05, 4.69) is 23.9 Å². The Labute approximate surface area is 160 Å². The summed E-state index contributed by atoms with van der Waals surface area (Å²) in [5.41, 5.74) is 0. The number of aliphatic hydroxyl groups is 1. The van der Waals surface area contributed by atoms with E-state index in [0.717, 1.165) is 18.5 Å². The van der Waals surface area contributed by atoms with Crippen LogP contribution >= 0.6 is 11.9 Å². The average molecular weight is 428 g/mol. The van der Waals surface area contributed by atoms with Gasteiger partial charge in [0.15, 0.2) is 9.84 Å². The van der Waals surface area contributed by atoms with Gasteiger partial charge in [-0.25, -0.2) is 22.0 Å². The van der Waals surface area contributed by atoms with Crippen molar-refractivity contribution >= 4 is 31.8 Å². The van der Waals surface area contributed by atoms with Gasteiger partial charge in [0.2, 0.25) is 10.0 Å². The highest BCUT2D eigenvalue weighted by molar-refractivity contribution is 8.17. The Kier molecular flexibility index (Phi) is 9.62. The molecule has 0 aliphatic carbocycles. The molecule has 0 amide bonds. The summed E-state index contributed by atoms with van der Waals surface area (Å²) >= 11 is 0.981. The summed E-state index contributed by atoms with van der Waals surface area (Å²) in [6, 6.07) is 0.107. The Balaban J connectivity index is 0.000000289. The molecule has 2 aliphatic rings. The maximum Gasteiger partial charge on any atom is 0.245 e. The third kappa shape index (κ3) is 8.40. The van der Waals surface area contributed by atoms with Gasteiger partial charge < -0.3 is 15.1 Å². The van der Waals surface area contributed by atoms with Crippen LogP contribution in [0.2, 0.25) is 0 Å². The second-order valence-electron chi connectivity index (χ2n) is 6.66. The number of hydrogen-bond donors (Lipinski definition) is 4. The zero-order valence-corrected chi connectivity index (χ0v) is 17.5. The van der Waals surface area contributed by atoms with Gasteiger partial charge in [0.25, 0.3) is 0 Å². The number of aliphatic hydroxyl groups excluding tert-OH is 1. The van der Waals surface area contributed by atoms with Crippen molar-refractivity contribution in [2.24, 2.45) is 11.1 Å². The number of sulfonamides is 1. The zero-order chi connectivity index (χ0) is 19.8. The maximum absolute atomic E-state index is 11.8. The monoisotopic (exact) mass is 427 g/mol. The van der Waals surface area contributed by atoms with Crippen LogP contribution in [-0.2, 0) is 19.9 Å². The Morgan fingerprint density at radius 3 is 2.62 bits per heavy atom. The van der Waals surface area contributed by atoms with Gasteiger partial charge in [-0.05, 0) is 55.8 Å². The van der Waals surface area contributed by atoms with Gasteiger partial charge in [0.05, 0.1) is 11.0 Å². The van der Waals surface area contributed by atoms with Crippen molar-refractivity contribution in [2.75, 3.05) is 18.9 Å². The molecule has 2 heterocycles. The minimum atomic E-state index is -3.52. The van der Waals surface area contributed by atoms with Crippen molar-refractivity contribution in [2.45, 2.75) is 44.4 Å². The molecule has 152 valence electrons. The summed E-state index contributed by atoms with van der Waals surface area (Å²) in [4.78, 5) is 0. The average Bonchev–Trinajstić information content (AvgIpc) is 2.85. The molecule has 0 aromatic carbocycles. The lowest BCUT2D eigenvalue weighted by Crippen LogP contribution is -2.32. The van der Waals surface area contributed by atoms with Crippen LogP contribution in [-0.4, -0.2) is 52.1 Å². The summed E-state index contributed by atoms with van der Waals surface area (Å²) in [6.07, 6.45) is 6.53. The lowest BCUT2D eigenvalue weighted by atomic mass is 10.1. The smallest absolute Gasteiger partial charge is 0.245 e. The highest BCUT2D eigenvalue weighted by Crippen LogP contribution is 2.24. The third-order valence-electron chi connectivity index (χ3n) is 3.82. The van der Waals surface area contributed by atoms with Crippen LogP contribution in [0.15, 0.2) is 22.6 Å². The van der Waals surface area contributed by atoms with E-state index in [1.165, 1.54) is 6.08 Å².